The summed E-state index contributed by atoms with van der Waals surface area (Å²) < 4.78 is 1.92. The van der Waals surface area contributed by atoms with Crippen LogP contribution < -0.4 is 11.1 Å². The minimum Gasteiger partial charge on any atom is -0.349 e. The quantitative estimate of drug-likeness (QED) is 0.874. The van der Waals surface area contributed by atoms with E-state index in [9.17, 15) is 4.79 Å². The Kier molecular flexibility index (Phi) is 5.37. The van der Waals surface area contributed by atoms with Crippen LogP contribution in [-0.2, 0) is 0 Å². The lowest BCUT2D eigenvalue weighted by atomic mass is 9.84. The van der Waals surface area contributed by atoms with Gasteiger partial charge in [-0.25, -0.2) is 9.67 Å². The molecule has 1 saturated carbocycles. The van der Waals surface area contributed by atoms with E-state index in [1.54, 1.807) is 6.20 Å². The van der Waals surface area contributed by atoms with E-state index in [0.29, 0.717) is 18.0 Å². The average Bonchev–Trinajstić information content (AvgIpc) is 3.04. The molecule has 2 aromatic rings. The van der Waals surface area contributed by atoms with Gasteiger partial charge >= 0.3 is 0 Å². The maximum atomic E-state index is 13.0. The van der Waals surface area contributed by atoms with Crippen molar-refractivity contribution in [3.8, 4) is 0 Å². The number of aryl methyl sites for hydroxylation is 1. The monoisotopic (exact) mass is 343 g/mol. The number of nitrogens with two attached hydrogens (primary N) is 1. The number of amides is 1. The van der Waals surface area contributed by atoms with Crippen molar-refractivity contribution in [1.82, 2.24) is 20.1 Å². The Morgan fingerprint density at radius 2 is 2.20 bits per heavy atom. The summed E-state index contributed by atoms with van der Waals surface area (Å²) in [7, 11) is 0. The lowest BCUT2D eigenvalue weighted by Gasteiger charge is -2.31. The zero-order valence-electron chi connectivity index (χ0n) is 15.5. The highest BCUT2D eigenvalue weighted by atomic mass is 16.1. The predicted octanol–water partition coefficient (Wildman–Crippen LogP) is 2.96. The van der Waals surface area contributed by atoms with E-state index in [4.69, 9.17) is 5.73 Å². The zero-order valence-corrected chi connectivity index (χ0v) is 15.5. The van der Waals surface area contributed by atoms with Crippen LogP contribution >= 0.6 is 0 Å². The van der Waals surface area contributed by atoms with Crippen molar-refractivity contribution in [2.75, 3.05) is 6.54 Å². The number of nitrogens with one attached hydrogen (secondary N) is 1. The van der Waals surface area contributed by atoms with Gasteiger partial charge in [0.25, 0.3) is 5.91 Å². The first kappa shape index (κ1) is 17.9. The van der Waals surface area contributed by atoms with Gasteiger partial charge in [-0.1, -0.05) is 19.8 Å². The van der Waals surface area contributed by atoms with Gasteiger partial charge in [0.05, 0.1) is 23.2 Å². The van der Waals surface area contributed by atoms with Gasteiger partial charge in [-0.05, 0) is 51.6 Å². The van der Waals surface area contributed by atoms with Crippen LogP contribution in [0.5, 0.6) is 0 Å². The van der Waals surface area contributed by atoms with E-state index in [1.165, 1.54) is 6.42 Å². The van der Waals surface area contributed by atoms with Crippen LogP contribution in [0.15, 0.2) is 12.3 Å². The van der Waals surface area contributed by atoms with Crippen molar-refractivity contribution < 1.29 is 4.79 Å². The highest BCUT2D eigenvalue weighted by Gasteiger charge is 2.27. The fourth-order valence-corrected chi connectivity index (χ4v) is 3.75. The number of hydrogen-bond acceptors (Lipinski definition) is 4. The van der Waals surface area contributed by atoms with Crippen LogP contribution in [0.2, 0.25) is 0 Å². The molecule has 6 heteroatoms. The molecule has 2 aromatic heterocycles. The van der Waals surface area contributed by atoms with Crippen LogP contribution in [-0.4, -0.2) is 33.3 Å². The molecule has 3 unspecified atom stereocenters. The number of aromatic nitrogens is 3. The minimum absolute atomic E-state index is 0.0375. The molecular weight excluding hydrogens is 314 g/mol. The highest BCUT2D eigenvalue weighted by molar-refractivity contribution is 6.05. The third kappa shape index (κ3) is 3.54. The van der Waals surface area contributed by atoms with E-state index in [-0.39, 0.29) is 18.0 Å². The summed E-state index contributed by atoms with van der Waals surface area (Å²) in [5.74, 6) is 0.337. The molecule has 1 aliphatic carbocycles. The molecule has 0 aliphatic heterocycles. The number of fused-ring (bicyclic) bond motifs is 1. The summed E-state index contributed by atoms with van der Waals surface area (Å²) in [5.41, 5.74) is 8.19. The molecule has 25 heavy (non-hydrogen) atoms. The number of nitrogens with zero attached hydrogens (tertiary/aromatic N) is 3. The average molecular weight is 343 g/mol. The maximum absolute atomic E-state index is 13.0. The molecule has 3 rings (SSSR count). The van der Waals surface area contributed by atoms with Crippen LogP contribution in [0.1, 0.15) is 68.0 Å². The first-order valence-electron chi connectivity index (χ1n) is 9.41. The summed E-state index contributed by atoms with van der Waals surface area (Å²) in [5, 5.41) is 8.53. The van der Waals surface area contributed by atoms with E-state index in [2.05, 4.69) is 29.2 Å². The van der Waals surface area contributed by atoms with Gasteiger partial charge in [0.1, 0.15) is 0 Å². The van der Waals surface area contributed by atoms with Gasteiger partial charge in [0.2, 0.25) is 0 Å². The van der Waals surface area contributed by atoms with Crippen molar-refractivity contribution in [1.29, 1.82) is 0 Å². The van der Waals surface area contributed by atoms with Crippen molar-refractivity contribution in [3.05, 3.63) is 23.5 Å². The number of pyridine rings is 1. The van der Waals surface area contributed by atoms with Crippen molar-refractivity contribution in [2.24, 2.45) is 11.7 Å². The fraction of sp³-hybridized carbons (Fsp3) is 0.632. The first-order valence-corrected chi connectivity index (χ1v) is 9.41. The Labute approximate surface area is 149 Å². The molecule has 136 valence electrons. The Bertz CT molecular complexity index is 754. The van der Waals surface area contributed by atoms with E-state index in [0.717, 1.165) is 42.4 Å². The standard InChI is InChI=1S/C19H29N5O/c1-4-13(3)24-18-16(11-21-24)15(9-12(2)22-18)19(25)23-17-8-6-5-7-14(17)10-20/h9,11,13-14,17H,4-8,10,20H2,1-3H3,(H,23,25). The molecule has 1 aliphatic rings. The minimum atomic E-state index is -0.0375. The van der Waals surface area contributed by atoms with Gasteiger partial charge < -0.3 is 11.1 Å². The molecule has 0 spiro atoms. The van der Waals surface area contributed by atoms with Crippen LogP contribution in [0.25, 0.3) is 11.0 Å². The van der Waals surface area contributed by atoms with Crippen LogP contribution in [0.3, 0.4) is 0 Å². The second-order valence-electron chi connectivity index (χ2n) is 7.26. The highest BCUT2D eigenvalue weighted by Crippen LogP contribution is 2.26. The summed E-state index contributed by atoms with van der Waals surface area (Å²) in [4.78, 5) is 17.6. The maximum Gasteiger partial charge on any atom is 0.252 e. The third-order valence-electron chi connectivity index (χ3n) is 5.48. The predicted molar refractivity (Wildman–Crippen MR) is 99.5 cm³/mol. The molecule has 3 atom stereocenters. The van der Waals surface area contributed by atoms with Crippen LogP contribution in [0, 0.1) is 12.8 Å². The number of hydrogen-bond donors (Lipinski definition) is 2. The molecule has 1 fully saturated rings. The molecule has 0 radical (unpaired) electrons. The molecule has 0 bridgehead atoms. The summed E-state index contributed by atoms with van der Waals surface area (Å²) in [6.07, 6.45) is 7.19. The number of carbonyl (C=O) groups excluding carboxylic acids is 1. The van der Waals surface area contributed by atoms with Gasteiger partial charge in [-0.3, -0.25) is 4.79 Å². The Morgan fingerprint density at radius 3 is 2.92 bits per heavy atom. The SMILES string of the molecule is CCC(C)n1ncc2c(C(=O)NC3CCCCC3CN)cc(C)nc21. The van der Waals surface area contributed by atoms with Crippen molar-refractivity contribution in [2.45, 2.75) is 65.0 Å². The Hall–Kier alpha value is -1.95. The summed E-state index contributed by atoms with van der Waals surface area (Å²) >= 11 is 0. The van der Waals surface area contributed by atoms with E-state index < -0.39 is 0 Å². The summed E-state index contributed by atoms with van der Waals surface area (Å²) in [6, 6.07) is 2.28. The van der Waals surface area contributed by atoms with E-state index >= 15 is 0 Å². The molecular formula is C19H29N5O. The molecule has 2 heterocycles. The van der Waals surface area contributed by atoms with E-state index in [1.807, 2.05) is 17.7 Å². The van der Waals surface area contributed by atoms with Gasteiger partial charge in [0, 0.05) is 11.7 Å². The fourth-order valence-electron chi connectivity index (χ4n) is 3.75. The lowest BCUT2D eigenvalue weighted by molar-refractivity contribution is 0.0909. The third-order valence-corrected chi connectivity index (χ3v) is 5.48. The molecule has 0 aromatic carbocycles. The van der Waals surface area contributed by atoms with Gasteiger partial charge in [-0.15, -0.1) is 0 Å². The summed E-state index contributed by atoms with van der Waals surface area (Å²) in [6.45, 7) is 6.79. The first-order chi connectivity index (χ1) is 12.0. The second-order valence-corrected chi connectivity index (χ2v) is 7.26. The molecule has 1 amide bonds. The van der Waals surface area contributed by atoms with Crippen molar-refractivity contribution in [3.63, 3.8) is 0 Å². The largest absolute Gasteiger partial charge is 0.349 e. The molecule has 3 N–H and O–H groups in total. The smallest absolute Gasteiger partial charge is 0.252 e. The van der Waals surface area contributed by atoms with Crippen molar-refractivity contribution >= 4 is 16.9 Å². The number of carbonyl (C=O) groups is 1. The topological polar surface area (TPSA) is 85.8 Å². The number of rotatable bonds is 5. The second kappa shape index (κ2) is 7.52. The lowest BCUT2D eigenvalue weighted by Crippen LogP contribution is -2.44. The van der Waals surface area contributed by atoms with Gasteiger partial charge in [0.15, 0.2) is 5.65 Å². The Balaban J connectivity index is 1.92. The molecule has 6 nitrogen and oxygen atoms in total. The van der Waals surface area contributed by atoms with Crippen LogP contribution in [0.4, 0.5) is 0 Å². The molecule has 0 saturated heterocycles. The van der Waals surface area contributed by atoms with Gasteiger partial charge in [-0.2, -0.15) is 5.10 Å². The zero-order chi connectivity index (χ0) is 18.0. The Morgan fingerprint density at radius 1 is 1.44 bits per heavy atom. The normalized spacial score (nSPS) is 22.1.